The molecule has 5 rings (SSSR count). The fraction of sp³-hybridized carbons (Fsp3) is 0.308. The molecule has 0 unspecified atom stereocenters. The lowest BCUT2D eigenvalue weighted by atomic mass is 10.1. The summed E-state index contributed by atoms with van der Waals surface area (Å²) < 4.78 is 3.06. The Labute approximate surface area is 202 Å². The Morgan fingerprint density at radius 3 is 2.24 bits per heavy atom. The van der Waals surface area contributed by atoms with Crippen LogP contribution in [0.2, 0.25) is 5.02 Å². The van der Waals surface area contributed by atoms with Gasteiger partial charge in [0, 0.05) is 44.5 Å². The van der Waals surface area contributed by atoms with Gasteiger partial charge in [-0.05, 0) is 37.2 Å². The molecule has 7 nitrogen and oxygen atoms in total. The number of hydrogen-bond donors (Lipinski definition) is 1. The molecule has 1 saturated heterocycles. The standard InChI is InChI=1S/C26H28ClN5O2/c1-18-25-22(28-32(26(25)34)23-6-4-3-5-21(23)27)15-24(33)31(18)17-20-9-7-19(8-10-20)16-30-13-11-29(2)12-14-30/h3-10,15,28H,11-14,16-17H2,1-2H3. The van der Waals surface area contributed by atoms with Crippen LogP contribution in [0.4, 0.5) is 0 Å². The van der Waals surface area contributed by atoms with E-state index in [0.717, 1.165) is 38.3 Å². The number of piperazine rings is 1. The third-order valence-corrected chi connectivity index (χ3v) is 7.00. The van der Waals surface area contributed by atoms with Gasteiger partial charge in [-0.2, -0.15) is 0 Å². The largest absolute Gasteiger partial charge is 0.308 e. The van der Waals surface area contributed by atoms with Crippen molar-refractivity contribution in [2.75, 3.05) is 33.2 Å². The molecular formula is C26H28ClN5O2. The smallest absolute Gasteiger partial charge is 0.280 e. The van der Waals surface area contributed by atoms with Gasteiger partial charge in [0.15, 0.2) is 0 Å². The van der Waals surface area contributed by atoms with Crippen LogP contribution in [0, 0.1) is 6.92 Å². The molecule has 1 fully saturated rings. The van der Waals surface area contributed by atoms with Crippen LogP contribution in [0.3, 0.4) is 0 Å². The van der Waals surface area contributed by atoms with Crippen LogP contribution in [-0.4, -0.2) is 57.4 Å². The lowest BCUT2D eigenvalue weighted by Gasteiger charge is -2.32. The number of H-pyrrole nitrogens is 1. The number of pyridine rings is 1. The summed E-state index contributed by atoms with van der Waals surface area (Å²) in [4.78, 5) is 31.0. The van der Waals surface area contributed by atoms with Gasteiger partial charge in [0.05, 0.1) is 28.2 Å². The average Bonchev–Trinajstić information content (AvgIpc) is 3.15. The lowest BCUT2D eigenvalue weighted by Crippen LogP contribution is -2.43. The van der Waals surface area contributed by atoms with Crippen molar-refractivity contribution in [1.29, 1.82) is 0 Å². The fourth-order valence-electron chi connectivity index (χ4n) is 4.61. The van der Waals surface area contributed by atoms with Gasteiger partial charge in [0.25, 0.3) is 11.1 Å². The molecule has 0 amide bonds. The van der Waals surface area contributed by atoms with Crippen molar-refractivity contribution >= 4 is 22.5 Å². The topological polar surface area (TPSA) is 66.3 Å². The molecule has 4 aromatic rings. The lowest BCUT2D eigenvalue weighted by molar-refractivity contribution is 0.148. The Balaban J connectivity index is 1.42. The van der Waals surface area contributed by atoms with Gasteiger partial charge in [-0.1, -0.05) is 48.0 Å². The molecule has 1 N–H and O–H groups in total. The Bertz CT molecular complexity index is 1440. The van der Waals surface area contributed by atoms with Gasteiger partial charge >= 0.3 is 0 Å². The van der Waals surface area contributed by atoms with Crippen molar-refractivity contribution in [3.05, 3.63) is 97.1 Å². The monoisotopic (exact) mass is 477 g/mol. The molecule has 3 heterocycles. The number of halogens is 1. The summed E-state index contributed by atoms with van der Waals surface area (Å²) in [7, 11) is 2.16. The molecule has 8 heteroatoms. The first-order valence-electron chi connectivity index (χ1n) is 11.5. The number of aryl methyl sites for hydroxylation is 1. The highest BCUT2D eigenvalue weighted by Gasteiger charge is 2.17. The molecule has 0 atom stereocenters. The summed E-state index contributed by atoms with van der Waals surface area (Å²) in [5.41, 5.74) is 3.60. The third kappa shape index (κ3) is 4.34. The first-order valence-corrected chi connectivity index (χ1v) is 11.9. The van der Waals surface area contributed by atoms with Gasteiger partial charge in [0.1, 0.15) is 0 Å². The molecule has 0 bridgehead atoms. The van der Waals surface area contributed by atoms with Crippen molar-refractivity contribution in [3.8, 4) is 5.69 Å². The number of nitrogens with one attached hydrogen (secondary N) is 1. The predicted octanol–water partition coefficient (Wildman–Crippen LogP) is 3.24. The molecule has 2 aromatic carbocycles. The second kappa shape index (κ2) is 9.25. The molecule has 1 aliphatic rings. The number of fused-ring (bicyclic) bond motifs is 1. The van der Waals surface area contributed by atoms with Crippen LogP contribution in [-0.2, 0) is 13.1 Å². The zero-order chi connectivity index (χ0) is 23.8. The van der Waals surface area contributed by atoms with Crippen LogP contribution >= 0.6 is 11.6 Å². The zero-order valence-electron chi connectivity index (χ0n) is 19.4. The highest BCUT2D eigenvalue weighted by atomic mass is 35.5. The minimum absolute atomic E-state index is 0.154. The fourth-order valence-corrected chi connectivity index (χ4v) is 4.83. The summed E-state index contributed by atoms with van der Waals surface area (Å²) in [6.45, 7) is 7.51. The van der Waals surface area contributed by atoms with Crippen molar-refractivity contribution in [2.45, 2.75) is 20.0 Å². The summed E-state index contributed by atoms with van der Waals surface area (Å²) in [5, 5.41) is 3.99. The van der Waals surface area contributed by atoms with Crippen molar-refractivity contribution in [1.82, 2.24) is 24.1 Å². The van der Waals surface area contributed by atoms with E-state index >= 15 is 0 Å². The van der Waals surface area contributed by atoms with Crippen molar-refractivity contribution in [2.24, 2.45) is 0 Å². The van der Waals surface area contributed by atoms with Gasteiger partial charge in [-0.3, -0.25) is 19.6 Å². The minimum Gasteiger partial charge on any atom is -0.308 e. The molecule has 2 aromatic heterocycles. The summed E-state index contributed by atoms with van der Waals surface area (Å²) in [6, 6.07) is 17.0. The second-order valence-electron chi connectivity index (χ2n) is 9.04. The van der Waals surface area contributed by atoms with E-state index in [0.29, 0.717) is 33.9 Å². The van der Waals surface area contributed by atoms with Crippen molar-refractivity contribution < 1.29 is 0 Å². The number of likely N-dealkylation sites (N-methyl/N-ethyl adjacent to an activating group) is 1. The third-order valence-electron chi connectivity index (χ3n) is 6.68. The molecule has 0 aliphatic carbocycles. The zero-order valence-corrected chi connectivity index (χ0v) is 20.2. The van der Waals surface area contributed by atoms with Gasteiger partial charge in [-0.15, -0.1) is 0 Å². The molecule has 1 aliphatic heterocycles. The first kappa shape index (κ1) is 22.7. The van der Waals surface area contributed by atoms with Gasteiger partial charge in [-0.25, -0.2) is 4.68 Å². The Morgan fingerprint density at radius 2 is 1.56 bits per heavy atom. The molecule has 0 spiro atoms. The number of hydrogen-bond acceptors (Lipinski definition) is 4. The molecule has 176 valence electrons. The molecule has 34 heavy (non-hydrogen) atoms. The molecule has 0 saturated carbocycles. The Morgan fingerprint density at radius 1 is 0.912 bits per heavy atom. The molecular weight excluding hydrogens is 450 g/mol. The van der Waals surface area contributed by atoms with Gasteiger partial charge in [0.2, 0.25) is 0 Å². The van der Waals surface area contributed by atoms with E-state index in [1.807, 2.05) is 19.1 Å². The maximum absolute atomic E-state index is 13.2. The SMILES string of the molecule is Cc1c2c(=O)n(-c3ccccc3Cl)[nH]c2cc(=O)n1Cc1ccc(CN2CCN(C)CC2)cc1. The van der Waals surface area contributed by atoms with E-state index in [2.05, 4.69) is 46.2 Å². The number of para-hydroxylation sites is 1. The maximum atomic E-state index is 13.2. The number of nitrogens with zero attached hydrogens (tertiary/aromatic N) is 4. The van der Waals surface area contributed by atoms with E-state index in [-0.39, 0.29) is 11.1 Å². The number of aromatic nitrogens is 3. The number of aromatic amines is 1. The maximum Gasteiger partial charge on any atom is 0.280 e. The van der Waals surface area contributed by atoms with Gasteiger partial charge < -0.3 is 9.47 Å². The van der Waals surface area contributed by atoms with E-state index < -0.39 is 0 Å². The average molecular weight is 478 g/mol. The predicted molar refractivity (Wildman–Crippen MR) is 136 cm³/mol. The van der Waals surface area contributed by atoms with Crippen LogP contribution in [0.5, 0.6) is 0 Å². The summed E-state index contributed by atoms with van der Waals surface area (Å²) >= 11 is 6.30. The van der Waals surface area contributed by atoms with E-state index in [4.69, 9.17) is 11.6 Å². The van der Waals surface area contributed by atoms with Crippen LogP contribution in [0.25, 0.3) is 16.6 Å². The van der Waals surface area contributed by atoms with E-state index in [1.165, 1.54) is 16.3 Å². The summed E-state index contributed by atoms with van der Waals surface area (Å²) in [5.74, 6) is 0. The minimum atomic E-state index is -0.225. The Kier molecular flexibility index (Phi) is 6.16. The van der Waals surface area contributed by atoms with Crippen LogP contribution in [0.1, 0.15) is 16.8 Å². The van der Waals surface area contributed by atoms with Crippen LogP contribution < -0.4 is 11.1 Å². The van der Waals surface area contributed by atoms with Crippen LogP contribution in [0.15, 0.2) is 64.2 Å². The normalized spacial score (nSPS) is 15.3. The highest BCUT2D eigenvalue weighted by molar-refractivity contribution is 6.32. The number of rotatable bonds is 5. The quantitative estimate of drug-likeness (QED) is 0.479. The molecule has 0 radical (unpaired) electrons. The summed E-state index contributed by atoms with van der Waals surface area (Å²) in [6.07, 6.45) is 0. The highest BCUT2D eigenvalue weighted by Crippen LogP contribution is 2.20. The van der Waals surface area contributed by atoms with E-state index in [9.17, 15) is 9.59 Å². The Hall–Kier alpha value is -3.13. The second-order valence-corrected chi connectivity index (χ2v) is 9.45. The van der Waals surface area contributed by atoms with E-state index in [1.54, 1.807) is 16.7 Å². The number of benzene rings is 2. The first-order chi connectivity index (χ1) is 16.4. The van der Waals surface area contributed by atoms with Crippen molar-refractivity contribution in [3.63, 3.8) is 0 Å².